The highest BCUT2D eigenvalue weighted by Crippen LogP contribution is 2.26. The average molecular weight is 373 g/mol. The lowest BCUT2D eigenvalue weighted by Gasteiger charge is -2.33. The van der Waals surface area contributed by atoms with Gasteiger partial charge in [0.05, 0.1) is 5.69 Å². The van der Waals surface area contributed by atoms with E-state index in [-0.39, 0.29) is 6.03 Å². The number of urea groups is 1. The Labute approximate surface area is 160 Å². The van der Waals surface area contributed by atoms with Gasteiger partial charge in [0.2, 0.25) is 0 Å². The Morgan fingerprint density at radius 1 is 1.31 bits per heavy atom. The van der Waals surface area contributed by atoms with E-state index in [0.717, 1.165) is 36.8 Å². The number of amides is 2. The van der Waals surface area contributed by atoms with Crippen LogP contribution in [0.2, 0.25) is 5.02 Å². The van der Waals surface area contributed by atoms with Crippen LogP contribution in [0.25, 0.3) is 0 Å². The summed E-state index contributed by atoms with van der Waals surface area (Å²) >= 11 is 6.12. The highest BCUT2D eigenvalue weighted by molar-refractivity contribution is 6.30. The van der Waals surface area contributed by atoms with Gasteiger partial charge in [-0.25, -0.2) is 4.79 Å². The minimum atomic E-state index is -0.269. The van der Waals surface area contributed by atoms with Crippen LogP contribution < -0.4 is 11.1 Å². The van der Waals surface area contributed by atoms with Gasteiger partial charge in [-0.1, -0.05) is 35.9 Å². The van der Waals surface area contributed by atoms with Gasteiger partial charge in [-0.05, 0) is 73.5 Å². The summed E-state index contributed by atoms with van der Waals surface area (Å²) < 4.78 is 0. The van der Waals surface area contributed by atoms with E-state index in [0.29, 0.717) is 5.92 Å². The van der Waals surface area contributed by atoms with Gasteiger partial charge in [-0.3, -0.25) is 16.0 Å². The standard InChI is InChI=1S/C21H26ClN3O/c1-15-5-2-9-20(24-21(23)26)19(15)14-25-10-4-7-17(13-25)11-16-6-3-8-18(22)12-16/h2-3,5-6,8-9,12,17H,4,7,10-11,13-14H2,1H3,(H3,23,24,26)/p+1. The van der Waals surface area contributed by atoms with Gasteiger partial charge in [0.1, 0.15) is 0 Å². The molecule has 0 spiro atoms. The molecule has 1 saturated heterocycles. The molecule has 2 amide bonds. The lowest BCUT2D eigenvalue weighted by atomic mass is 9.91. The normalized spacial score (nSPS) is 17.9. The third kappa shape index (κ3) is 5.07. The van der Waals surface area contributed by atoms with E-state index in [9.17, 15) is 4.79 Å². The van der Waals surface area contributed by atoms with Crippen molar-refractivity contribution in [2.24, 2.45) is 5.92 Å². The summed E-state index contributed by atoms with van der Waals surface area (Å²) in [5.74, 6) is 0.636. The summed E-state index contributed by atoms with van der Waals surface area (Å²) in [7, 11) is 0. The van der Waals surface area contributed by atoms with Crippen LogP contribution >= 0.6 is 11.6 Å². The molecule has 1 aliphatic heterocycles. The van der Waals surface area contributed by atoms with Crippen LogP contribution in [-0.2, 0) is 13.0 Å². The Hall–Kier alpha value is -1.88. The Kier molecular flexibility index (Phi) is 6.30. The first-order valence-electron chi connectivity index (χ1n) is 9.19. The molecular weight excluding hydrogens is 346 g/mol. The van der Waals surface area contributed by atoms with Gasteiger partial charge in [-0.15, -0.1) is 0 Å². The van der Waals surface area contributed by atoms with E-state index in [1.54, 1.807) is 0 Å². The second kappa shape index (κ2) is 8.67. The van der Waals surface area contributed by atoms with Crippen molar-refractivity contribution < 1.29 is 10.5 Å². The molecule has 0 aliphatic carbocycles. The molecule has 4 N–H and O–H groups in total. The van der Waals surface area contributed by atoms with Crippen LogP contribution in [0.4, 0.5) is 10.5 Å². The van der Waals surface area contributed by atoms with Crippen molar-refractivity contribution in [1.29, 1.82) is 0 Å². The molecule has 1 fully saturated rings. The minimum absolute atomic E-state index is 0.269. The van der Waals surface area contributed by atoms with Crippen molar-refractivity contribution in [3.05, 3.63) is 64.2 Å². The number of nitrogens with one attached hydrogen (secondary N) is 1. The number of benzene rings is 2. The van der Waals surface area contributed by atoms with Gasteiger partial charge in [0.25, 0.3) is 0 Å². The monoisotopic (exact) mass is 372 g/mol. The van der Waals surface area contributed by atoms with Crippen LogP contribution in [0.5, 0.6) is 0 Å². The largest absolute Gasteiger partial charge is 0.416 e. The number of likely N-dealkylation sites (tertiary alicyclic amines) is 1. The highest BCUT2D eigenvalue weighted by atomic mass is 35.5. The molecule has 138 valence electrons. The number of halogens is 1. The van der Waals surface area contributed by atoms with E-state index < -0.39 is 0 Å². The van der Waals surface area contributed by atoms with Crippen molar-refractivity contribution in [2.75, 3.05) is 18.4 Å². The number of piperidine rings is 1. The molecule has 1 unspecified atom stereocenters. The van der Waals surface area contributed by atoms with Gasteiger partial charge in [0.15, 0.2) is 0 Å². The fraction of sp³-hybridized carbons (Fsp3) is 0.381. The van der Waals surface area contributed by atoms with Crippen LogP contribution in [0, 0.1) is 12.8 Å². The van der Waals surface area contributed by atoms with Crippen LogP contribution in [0.15, 0.2) is 42.5 Å². The van der Waals surface area contributed by atoms with Crippen molar-refractivity contribution >= 4 is 23.3 Å². The molecule has 0 radical (unpaired) electrons. The van der Waals surface area contributed by atoms with E-state index >= 15 is 0 Å². The third-order valence-corrected chi connectivity index (χ3v) is 5.32. The second-order valence-electron chi connectivity index (χ2n) is 7.23. The smallest absolute Gasteiger partial charge is 0.299 e. The molecule has 26 heavy (non-hydrogen) atoms. The first kappa shape index (κ1) is 18.9. The number of aryl methyl sites for hydroxylation is 1. The summed E-state index contributed by atoms with van der Waals surface area (Å²) in [6, 6.07) is 13.9. The van der Waals surface area contributed by atoms with Crippen molar-refractivity contribution in [3.63, 3.8) is 0 Å². The molecule has 4 nitrogen and oxygen atoms in total. The average Bonchev–Trinajstić information content (AvgIpc) is 2.58. The summed E-state index contributed by atoms with van der Waals surface area (Å²) in [5, 5.41) is 3.68. The Balaban J connectivity index is 1.68. The number of carbonyl (C=O) groups excluding carboxylic acids is 1. The molecule has 5 heteroatoms. The van der Waals surface area contributed by atoms with Crippen LogP contribution in [0.3, 0.4) is 0 Å². The molecule has 1 aliphatic rings. The first-order valence-corrected chi connectivity index (χ1v) is 9.57. The molecule has 1 atom stereocenters. The van der Waals surface area contributed by atoms with E-state index in [4.69, 9.17) is 11.6 Å². The SMILES string of the molecule is Cc1cccc(NC([NH3+])=O)c1CN1CCCC(Cc2cccc(Cl)c2)C1. The van der Waals surface area contributed by atoms with Gasteiger partial charge in [-0.2, -0.15) is 0 Å². The molecule has 2 aromatic carbocycles. The number of rotatable bonds is 5. The summed E-state index contributed by atoms with van der Waals surface area (Å²) in [5.41, 5.74) is 8.02. The first-order chi connectivity index (χ1) is 12.5. The Morgan fingerprint density at radius 3 is 2.88 bits per heavy atom. The van der Waals surface area contributed by atoms with E-state index in [1.807, 2.05) is 24.3 Å². The van der Waals surface area contributed by atoms with Crippen molar-refractivity contribution in [2.45, 2.75) is 32.7 Å². The summed E-state index contributed by atoms with van der Waals surface area (Å²) in [4.78, 5) is 13.9. The summed E-state index contributed by atoms with van der Waals surface area (Å²) in [6.45, 7) is 5.12. The van der Waals surface area contributed by atoms with Crippen molar-refractivity contribution in [1.82, 2.24) is 4.90 Å². The van der Waals surface area contributed by atoms with E-state index in [1.165, 1.54) is 29.5 Å². The third-order valence-electron chi connectivity index (χ3n) is 5.08. The van der Waals surface area contributed by atoms with Gasteiger partial charge in [0, 0.05) is 18.1 Å². The van der Waals surface area contributed by atoms with Crippen molar-refractivity contribution in [3.8, 4) is 0 Å². The maximum atomic E-state index is 11.4. The van der Waals surface area contributed by atoms with Gasteiger partial charge >= 0.3 is 6.03 Å². The molecule has 0 bridgehead atoms. The number of anilines is 1. The molecule has 2 aromatic rings. The molecule has 0 saturated carbocycles. The molecule has 0 aromatic heterocycles. The van der Waals surface area contributed by atoms with E-state index in [2.05, 4.69) is 41.1 Å². The molecule has 3 rings (SSSR count). The molecule has 1 heterocycles. The Bertz CT molecular complexity index is 778. The summed E-state index contributed by atoms with van der Waals surface area (Å²) in [6.07, 6.45) is 3.51. The predicted octanol–water partition coefficient (Wildman–Crippen LogP) is 3.88. The van der Waals surface area contributed by atoms with Crippen LogP contribution in [-0.4, -0.2) is 24.0 Å². The topological polar surface area (TPSA) is 60.0 Å². The van der Waals surface area contributed by atoms with Gasteiger partial charge < -0.3 is 0 Å². The number of quaternary nitrogens is 1. The number of hydrogen-bond donors (Lipinski definition) is 2. The fourth-order valence-corrected chi connectivity index (χ4v) is 4.07. The zero-order chi connectivity index (χ0) is 18.5. The highest BCUT2D eigenvalue weighted by Gasteiger charge is 2.22. The zero-order valence-electron chi connectivity index (χ0n) is 15.3. The Morgan fingerprint density at radius 2 is 2.12 bits per heavy atom. The zero-order valence-corrected chi connectivity index (χ0v) is 16.1. The lowest BCUT2D eigenvalue weighted by molar-refractivity contribution is -0.242. The number of nitrogens with zero attached hydrogens (tertiary/aromatic N) is 1. The maximum Gasteiger partial charge on any atom is 0.416 e. The second-order valence-corrected chi connectivity index (χ2v) is 7.66. The van der Waals surface area contributed by atoms with Crippen LogP contribution in [0.1, 0.15) is 29.5 Å². The fourth-order valence-electron chi connectivity index (χ4n) is 3.86. The molecular formula is C21H27ClN3O+. The number of hydrogen-bond acceptors (Lipinski definition) is 2. The lowest BCUT2D eigenvalue weighted by Crippen LogP contribution is -2.59. The quantitative estimate of drug-likeness (QED) is 0.836. The predicted molar refractivity (Wildman–Crippen MR) is 106 cm³/mol. The number of carbonyl (C=O) groups is 1. The minimum Gasteiger partial charge on any atom is -0.299 e. The maximum absolute atomic E-state index is 11.4.